The Balaban J connectivity index is 2.32. The molecule has 0 fully saturated rings. The molecular formula is C17H17NO3. The maximum absolute atomic E-state index is 12.4. The molecule has 0 unspecified atom stereocenters. The molecule has 0 aliphatic heterocycles. The molecule has 0 aliphatic rings. The van der Waals surface area contributed by atoms with Crippen molar-refractivity contribution in [3.63, 3.8) is 0 Å². The molecule has 0 radical (unpaired) electrons. The summed E-state index contributed by atoms with van der Waals surface area (Å²) in [6.07, 6.45) is 0. The monoisotopic (exact) mass is 283 g/mol. The lowest BCUT2D eigenvalue weighted by Gasteiger charge is -2.11. The highest BCUT2D eigenvalue weighted by molar-refractivity contribution is 6.06. The lowest BCUT2D eigenvalue weighted by Crippen LogP contribution is -2.15. The van der Waals surface area contributed by atoms with Crippen LogP contribution < -0.4 is 5.32 Å². The first-order valence-corrected chi connectivity index (χ1v) is 6.61. The highest BCUT2D eigenvalue weighted by atomic mass is 16.4. The second-order valence-electron chi connectivity index (χ2n) is 5.06. The van der Waals surface area contributed by atoms with E-state index in [-0.39, 0.29) is 11.5 Å². The SMILES string of the molecule is Cc1ccc(NC(=O)c2c(C)cccc2C)cc1C(=O)O. The summed E-state index contributed by atoms with van der Waals surface area (Å²) >= 11 is 0. The first-order valence-electron chi connectivity index (χ1n) is 6.61. The fourth-order valence-corrected chi connectivity index (χ4v) is 2.30. The van der Waals surface area contributed by atoms with E-state index >= 15 is 0 Å². The quantitative estimate of drug-likeness (QED) is 0.905. The Morgan fingerprint density at radius 2 is 1.57 bits per heavy atom. The van der Waals surface area contributed by atoms with Crippen LogP contribution in [0.1, 0.15) is 37.4 Å². The molecule has 2 rings (SSSR count). The Bertz CT molecular complexity index is 700. The van der Waals surface area contributed by atoms with Crippen molar-refractivity contribution in [2.24, 2.45) is 0 Å². The van der Waals surface area contributed by atoms with Crippen LogP contribution >= 0.6 is 0 Å². The van der Waals surface area contributed by atoms with Crippen molar-refractivity contribution in [2.45, 2.75) is 20.8 Å². The predicted octanol–water partition coefficient (Wildman–Crippen LogP) is 3.56. The third-order valence-electron chi connectivity index (χ3n) is 3.43. The van der Waals surface area contributed by atoms with Crippen LogP contribution in [-0.2, 0) is 0 Å². The largest absolute Gasteiger partial charge is 0.478 e. The van der Waals surface area contributed by atoms with Gasteiger partial charge in [0.2, 0.25) is 0 Å². The molecule has 0 atom stereocenters. The molecule has 2 aromatic rings. The molecule has 0 spiro atoms. The van der Waals surface area contributed by atoms with Crippen molar-refractivity contribution in [3.05, 3.63) is 64.2 Å². The zero-order chi connectivity index (χ0) is 15.6. The molecule has 4 nitrogen and oxygen atoms in total. The fourth-order valence-electron chi connectivity index (χ4n) is 2.30. The Labute approximate surface area is 123 Å². The van der Waals surface area contributed by atoms with E-state index in [1.165, 1.54) is 6.07 Å². The average Bonchev–Trinajstić information content (AvgIpc) is 2.40. The van der Waals surface area contributed by atoms with Crippen LogP contribution in [0.5, 0.6) is 0 Å². The summed E-state index contributed by atoms with van der Waals surface area (Å²) in [5.74, 6) is -1.23. The summed E-state index contributed by atoms with van der Waals surface area (Å²) in [6.45, 7) is 5.47. The molecule has 108 valence electrons. The van der Waals surface area contributed by atoms with Crippen LogP contribution in [0.4, 0.5) is 5.69 Å². The maximum Gasteiger partial charge on any atom is 0.336 e. The minimum atomic E-state index is -1.00. The smallest absolute Gasteiger partial charge is 0.336 e. The van der Waals surface area contributed by atoms with Gasteiger partial charge in [-0.3, -0.25) is 4.79 Å². The van der Waals surface area contributed by atoms with Gasteiger partial charge >= 0.3 is 5.97 Å². The number of carbonyl (C=O) groups excluding carboxylic acids is 1. The van der Waals surface area contributed by atoms with E-state index in [0.717, 1.165) is 11.1 Å². The number of aryl methyl sites for hydroxylation is 3. The van der Waals surface area contributed by atoms with E-state index < -0.39 is 5.97 Å². The van der Waals surface area contributed by atoms with Crippen molar-refractivity contribution in [2.75, 3.05) is 5.32 Å². The van der Waals surface area contributed by atoms with E-state index in [0.29, 0.717) is 16.8 Å². The molecule has 21 heavy (non-hydrogen) atoms. The number of carboxylic acids is 1. The molecular weight excluding hydrogens is 266 g/mol. The summed E-state index contributed by atoms with van der Waals surface area (Å²) in [6, 6.07) is 10.5. The van der Waals surface area contributed by atoms with Gasteiger partial charge in [-0.1, -0.05) is 24.3 Å². The fraction of sp³-hybridized carbons (Fsp3) is 0.176. The number of hydrogen-bond donors (Lipinski definition) is 2. The second kappa shape index (κ2) is 5.79. The predicted molar refractivity (Wildman–Crippen MR) is 82.0 cm³/mol. The van der Waals surface area contributed by atoms with E-state index in [4.69, 9.17) is 5.11 Å². The lowest BCUT2D eigenvalue weighted by molar-refractivity contribution is 0.0695. The van der Waals surface area contributed by atoms with Gasteiger partial charge in [-0.25, -0.2) is 4.79 Å². The Kier molecular flexibility index (Phi) is 4.08. The lowest BCUT2D eigenvalue weighted by atomic mass is 10.0. The maximum atomic E-state index is 12.4. The summed E-state index contributed by atoms with van der Waals surface area (Å²) in [5, 5.41) is 11.9. The number of rotatable bonds is 3. The molecule has 0 aromatic heterocycles. The minimum Gasteiger partial charge on any atom is -0.478 e. The molecule has 0 saturated heterocycles. The van der Waals surface area contributed by atoms with Gasteiger partial charge in [0.25, 0.3) is 5.91 Å². The van der Waals surface area contributed by atoms with E-state index in [1.807, 2.05) is 32.0 Å². The van der Waals surface area contributed by atoms with Crippen LogP contribution in [0, 0.1) is 20.8 Å². The van der Waals surface area contributed by atoms with Gasteiger partial charge in [-0.2, -0.15) is 0 Å². The topological polar surface area (TPSA) is 66.4 Å². The number of aromatic carboxylic acids is 1. The molecule has 4 heteroatoms. The number of nitrogens with one attached hydrogen (secondary N) is 1. The van der Waals surface area contributed by atoms with Gasteiger partial charge in [-0.05, 0) is 49.6 Å². The van der Waals surface area contributed by atoms with Crippen molar-refractivity contribution in [3.8, 4) is 0 Å². The number of carbonyl (C=O) groups is 2. The number of benzene rings is 2. The standard InChI is InChI=1S/C17H17NO3/c1-10-7-8-13(9-14(10)17(20)21)18-16(19)15-11(2)5-4-6-12(15)3/h4-9H,1-3H3,(H,18,19)(H,20,21). The van der Waals surface area contributed by atoms with Gasteiger partial charge in [0.05, 0.1) is 5.56 Å². The molecule has 0 saturated carbocycles. The van der Waals surface area contributed by atoms with Crippen LogP contribution in [0.3, 0.4) is 0 Å². The number of anilines is 1. The number of amides is 1. The summed E-state index contributed by atoms with van der Waals surface area (Å²) in [7, 11) is 0. The van der Waals surface area contributed by atoms with Gasteiger partial charge in [0.15, 0.2) is 0 Å². The van der Waals surface area contributed by atoms with Gasteiger partial charge in [-0.15, -0.1) is 0 Å². The van der Waals surface area contributed by atoms with Gasteiger partial charge in [0.1, 0.15) is 0 Å². The van der Waals surface area contributed by atoms with Crippen molar-refractivity contribution in [1.82, 2.24) is 0 Å². The van der Waals surface area contributed by atoms with Crippen molar-refractivity contribution >= 4 is 17.6 Å². The van der Waals surface area contributed by atoms with E-state index in [1.54, 1.807) is 19.1 Å². The van der Waals surface area contributed by atoms with Gasteiger partial charge in [0, 0.05) is 11.3 Å². The molecule has 0 aliphatic carbocycles. The molecule has 2 N–H and O–H groups in total. The zero-order valence-electron chi connectivity index (χ0n) is 12.2. The first kappa shape index (κ1) is 14.8. The highest BCUT2D eigenvalue weighted by Gasteiger charge is 2.14. The molecule has 0 bridgehead atoms. The summed E-state index contributed by atoms with van der Waals surface area (Å²) in [5.41, 5.74) is 3.72. The van der Waals surface area contributed by atoms with Crippen LogP contribution in [-0.4, -0.2) is 17.0 Å². The van der Waals surface area contributed by atoms with Gasteiger partial charge < -0.3 is 10.4 Å². The van der Waals surface area contributed by atoms with Crippen LogP contribution in [0.25, 0.3) is 0 Å². The van der Waals surface area contributed by atoms with Crippen LogP contribution in [0.2, 0.25) is 0 Å². The number of carboxylic acid groups (broad SMARTS) is 1. The van der Waals surface area contributed by atoms with E-state index in [2.05, 4.69) is 5.32 Å². The minimum absolute atomic E-state index is 0.189. The Morgan fingerprint density at radius 1 is 0.952 bits per heavy atom. The average molecular weight is 283 g/mol. The Morgan fingerprint density at radius 3 is 2.14 bits per heavy atom. The molecule has 2 aromatic carbocycles. The highest BCUT2D eigenvalue weighted by Crippen LogP contribution is 2.19. The van der Waals surface area contributed by atoms with Crippen LogP contribution in [0.15, 0.2) is 36.4 Å². The normalized spacial score (nSPS) is 10.2. The second-order valence-corrected chi connectivity index (χ2v) is 5.06. The molecule has 1 amide bonds. The summed E-state index contributed by atoms with van der Waals surface area (Å²) < 4.78 is 0. The van der Waals surface area contributed by atoms with E-state index in [9.17, 15) is 9.59 Å². The van der Waals surface area contributed by atoms with Crippen molar-refractivity contribution in [1.29, 1.82) is 0 Å². The summed E-state index contributed by atoms with van der Waals surface area (Å²) in [4.78, 5) is 23.5. The first-order chi connectivity index (χ1) is 9.90. The Hall–Kier alpha value is -2.62. The zero-order valence-corrected chi connectivity index (χ0v) is 12.2. The third kappa shape index (κ3) is 3.11. The molecule has 0 heterocycles. The third-order valence-corrected chi connectivity index (χ3v) is 3.43. The number of hydrogen-bond acceptors (Lipinski definition) is 2. The van der Waals surface area contributed by atoms with Crippen molar-refractivity contribution < 1.29 is 14.7 Å².